The van der Waals surface area contributed by atoms with Gasteiger partial charge in [-0.3, -0.25) is 9.59 Å². The van der Waals surface area contributed by atoms with Gasteiger partial charge in [0.15, 0.2) is 11.5 Å². The van der Waals surface area contributed by atoms with Crippen molar-refractivity contribution >= 4 is 39.3 Å². The lowest BCUT2D eigenvalue weighted by molar-refractivity contribution is -0.114. The fourth-order valence-electron chi connectivity index (χ4n) is 2.52. The summed E-state index contributed by atoms with van der Waals surface area (Å²) in [5.41, 5.74) is 2.09. The number of rotatable bonds is 4. The SMILES string of the molecule is COC(=O)c1nc(C(C)=O)c(NC(C)=O)c(-c2ccccc2Br)c1C. The van der Waals surface area contributed by atoms with E-state index in [0.717, 1.165) is 10.0 Å². The Kier molecular flexibility index (Phi) is 5.69. The van der Waals surface area contributed by atoms with E-state index < -0.39 is 5.97 Å². The molecule has 0 fully saturated rings. The van der Waals surface area contributed by atoms with Crippen LogP contribution >= 0.6 is 15.9 Å². The van der Waals surface area contributed by atoms with Crippen LogP contribution in [0.4, 0.5) is 5.69 Å². The molecule has 0 saturated heterocycles. The number of ketones is 1. The van der Waals surface area contributed by atoms with Crippen molar-refractivity contribution in [2.45, 2.75) is 20.8 Å². The van der Waals surface area contributed by atoms with Crippen LogP contribution in [-0.4, -0.2) is 29.8 Å². The molecule has 1 aromatic heterocycles. The molecule has 0 aliphatic carbocycles. The number of aromatic nitrogens is 1. The number of nitrogens with one attached hydrogen (secondary N) is 1. The van der Waals surface area contributed by atoms with E-state index in [4.69, 9.17) is 4.74 Å². The monoisotopic (exact) mass is 404 g/mol. The van der Waals surface area contributed by atoms with Crippen LogP contribution in [-0.2, 0) is 9.53 Å². The summed E-state index contributed by atoms with van der Waals surface area (Å²) >= 11 is 3.47. The largest absolute Gasteiger partial charge is 0.464 e. The van der Waals surface area contributed by atoms with Gasteiger partial charge in [-0.1, -0.05) is 34.1 Å². The molecule has 25 heavy (non-hydrogen) atoms. The highest BCUT2D eigenvalue weighted by molar-refractivity contribution is 9.10. The summed E-state index contributed by atoms with van der Waals surface area (Å²) in [6, 6.07) is 7.32. The molecule has 1 heterocycles. The molecule has 0 radical (unpaired) electrons. The lowest BCUT2D eigenvalue weighted by Gasteiger charge is -2.19. The minimum atomic E-state index is -0.650. The summed E-state index contributed by atoms with van der Waals surface area (Å²) in [6.45, 7) is 4.37. The molecule has 1 N–H and O–H groups in total. The van der Waals surface area contributed by atoms with Crippen molar-refractivity contribution < 1.29 is 19.1 Å². The smallest absolute Gasteiger partial charge is 0.356 e. The van der Waals surface area contributed by atoms with E-state index in [-0.39, 0.29) is 28.8 Å². The van der Waals surface area contributed by atoms with Crippen LogP contribution in [0.1, 0.15) is 40.4 Å². The molecule has 7 heteroatoms. The molecule has 2 rings (SSSR count). The molecule has 130 valence electrons. The van der Waals surface area contributed by atoms with Gasteiger partial charge in [0.25, 0.3) is 0 Å². The van der Waals surface area contributed by atoms with Gasteiger partial charge < -0.3 is 10.1 Å². The third-order valence-electron chi connectivity index (χ3n) is 3.60. The predicted molar refractivity (Wildman–Crippen MR) is 97.8 cm³/mol. The second-order valence-electron chi connectivity index (χ2n) is 5.39. The van der Waals surface area contributed by atoms with Crippen molar-refractivity contribution in [1.29, 1.82) is 0 Å². The third kappa shape index (κ3) is 3.76. The van der Waals surface area contributed by atoms with Crippen LogP contribution < -0.4 is 5.32 Å². The van der Waals surface area contributed by atoms with Crippen molar-refractivity contribution in [2.75, 3.05) is 12.4 Å². The Morgan fingerprint density at radius 1 is 1.12 bits per heavy atom. The number of hydrogen-bond donors (Lipinski definition) is 1. The van der Waals surface area contributed by atoms with Crippen molar-refractivity contribution in [3.05, 3.63) is 45.7 Å². The van der Waals surface area contributed by atoms with E-state index in [0.29, 0.717) is 11.1 Å². The number of esters is 1. The van der Waals surface area contributed by atoms with Crippen LogP contribution in [0.15, 0.2) is 28.7 Å². The number of carbonyl (C=O) groups excluding carboxylic acids is 3. The quantitative estimate of drug-likeness (QED) is 0.618. The number of benzene rings is 1. The van der Waals surface area contributed by atoms with Crippen LogP contribution in [0, 0.1) is 6.92 Å². The Hall–Kier alpha value is -2.54. The zero-order valence-electron chi connectivity index (χ0n) is 14.3. The molecular formula is C18H17BrN2O4. The molecule has 2 aromatic rings. The summed E-state index contributed by atoms with van der Waals surface area (Å²) in [4.78, 5) is 40.1. The molecule has 0 spiro atoms. The summed E-state index contributed by atoms with van der Waals surface area (Å²) < 4.78 is 5.53. The Morgan fingerprint density at radius 3 is 2.28 bits per heavy atom. The minimum absolute atomic E-state index is 0.00644. The first kappa shape index (κ1) is 18.8. The lowest BCUT2D eigenvalue weighted by Crippen LogP contribution is -2.18. The van der Waals surface area contributed by atoms with Crippen molar-refractivity contribution in [1.82, 2.24) is 4.98 Å². The molecule has 0 atom stereocenters. The molecule has 0 bridgehead atoms. The molecular weight excluding hydrogens is 388 g/mol. The molecule has 0 aliphatic rings. The number of carbonyl (C=O) groups is 3. The van der Waals surface area contributed by atoms with Gasteiger partial charge in [0, 0.05) is 23.9 Å². The number of anilines is 1. The zero-order chi connectivity index (χ0) is 18.7. The fraction of sp³-hybridized carbons (Fsp3) is 0.222. The third-order valence-corrected chi connectivity index (χ3v) is 4.29. The van der Waals surface area contributed by atoms with Gasteiger partial charge in [0.1, 0.15) is 5.69 Å². The highest BCUT2D eigenvalue weighted by atomic mass is 79.9. The summed E-state index contributed by atoms with van der Waals surface area (Å²) in [7, 11) is 1.25. The van der Waals surface area contributed by atoms with E-state index in [1.165, 1.54) is 21.0 Å². The van der Waals surface area contributed by atoms with E-state index in [1.54, 1.807) is 6.92 Å². The lowest BCUT2D eigenvalue weighted by atomic mass is 9.95. The Bertz CT molecular complexity index is 878. The number of hydrogen-bond acceptors (Lipinski definition) is 5. The topological polar surface area (TPSA) is 85.4 Å². The maximum absolute atomic E-state index is 12.1. The number of ether oxygens (including phenoxy) is 1. The Labute approximate surface area is 153 Å². The minimum Gasteiger partial charge on any atom is -0.464 e. The normalized spacial score (nSPS) is 10.3. The van der Waals surface area contributed by atoms with Gasteiger partial charge in [-0.15, -0.1) is 0 Å². The molecule has 1 amide bonds. The second kappa shape index (κ2) is 7.57. The maximum atomic E-state index is 12.1. The van der Waals surface area contributed by atoms with Gasteiger partial charge in [0.2, 0.25) is 5.91 Å². The predicted octanol–water partition coefficient (Wildman–Crippen LogP) is 3.77. The van der Waals surface area contributed by atoms with Crippen LogP contribution in [0.3, 0.4) is 0 Å². The number of methoxy groups -OCH3 is 1. The van der Waals surface area contributed by atoms with Crippen molar-refractivity contribution in [3.63, 3.8) is 0 Å². The average Bonchev–Trinajstić information content (AvgIpc) is 2.55. The van der Waals surface area contributed by atoms with Gasteiger partial charge in [-0.05, 0) is 24.1 Å². The average molecular weight is 405 g/mol. The van der Waals surface area contributed by atoms with Gasteiger partial charge in [-0.2, -0.15) is 0 Å². The number of pyridine rings is 1. The summed E-state index contributed by atoms with van der Waals surface area (Å²) in [5.74, 6) is -1.37. The van der Waals surface area contributed by atoms with Gasteiger partial charge in [0.05, 0.1) is 12.8 Å². The highest BCUT2D eigenvalue weighted by Gasteiger charge is 2.25. The Balaban J connectivity index is 2.96. The summed E-state index contributed by atoms with van der Waals surface area (Å²) in [6.07, 6.45) is 0. The van der Waals surface area contributed by atoms with Crippen LogP contribution in [0.25, 0.3) is 11.1 Å². The van der Waals surface area contributed by atoms with Crippen LogP contribution in [0.5, 0.6) is 0 Å². The van der Waals surface area contributed by atoms with Gasteiger partial charge >= 0.3 is 5.97 Å². The summed E-state index contributed by atoms with van der Waals surface area (Å²) in [5, 5.41) is 2.68. The standard InChI is InChI=1S/C18H17BrN2O4/c1-9-14(12-7-5-6-8-13(12)19)17(20-11(3)23)16(10(2)22)21-15(9)18(24)25-4/h5-8H,1-4H3,(H,20,23). The molecule has 1 aromatic carbocycles. The van der Waals surface area contributed by atoms with Crippen LogP contribution in [0.2, 0.25) is 0 Å². The van der Waals surface area contributed by atoms with Crippen molar-refractivity contribution in [2.24, 2.45) is 0 Å². The zero-order valence-corrected chi connectivity index (χ0v) is 15.9. The van der Waals surface area contributed by atoms with E-state index in [2.05, 4.69) is 26.2 Å². The van der Waals surface area contributed by atoms with E-state index >= 15 is 0 Å². The van der Waals surface area contributed by atoms with E-state index in [1.807, 2.05) is 24.3 Å². The maximum Gasteiger partial charge on any atom is 0.356 e. The van der Waals surface area contributed by atoms with E-state index in [9.17, 15) is 14.4 Å². The highest BCUT2D eigenvalue weighted by Crippen LogP contribution is 2.39. The first-order valence-corrected chi connectivity index (χ1v) is 8.23. The first-order chi connectivity index (χ1) is 11.8. The number of nitrogens with zero attached hydrogens (tertiary/aromatic N) is 1. The number of Topliss-reactive ketones (excluding diaryl/α,β-unsaturated/α-hetero) is 1. The first-order valence-electron chi connectivity index (χ1n) is 7.44. The molecule has 0 aliphatic heterocycles. The number of amides is 1. The molecule has 0 unspecified atom stereocenters. The fourth-order valence-corrected chi connectivity index (χ4v) is 3.01. The number of halogens is 1. The Morgan fingerprint density at radius 2 is 1.76 bits per heavy atom. The van der Waals surface area contributed by atoms with Crippen molar-refractivity contribution in [3.8, 4) is 11.1 Å². The molecule has 6 nitrogen and oxygen atoms in total. The molecule has 0 saturated carbocycles. The second-order valence-corrected chi connectivity index (χ2v) is 6.25. The van der Waals surface area contributed by atoms with Gasteiger partial charge in [-0.25, -0.2) is 9.78 Å².